The molecule has 5 nitrogen and oxygen atoms in total. The predicted octanol–water partition coefficient (Wildman–Crippen LogP) is 5.47. The molecule has 0 aliphatic heterocycles. The first-order chi connectivity index (χ1) is 13.1. The number of carboxylic acids is 1. The van der Waals surface area contributed by atoms with Crippen molar-refractivity contribution in [1.82, 2.24) is 14.5 Å². The van der Waals surface area contributed by atoms with E-state index in [9.17, 15) is 9.90 Å². The molecule has 0 radical (unpaired) electrons. The summed E-state index contributed by atoms with van der Waals surface area (Å²) >= 11 is 0. The normalized spacial score (nSPS) is 11.2. The second-order valence-corrected chi connectivity index (χ2v) is 7.06. The summed E-state index contributed by atoms with van der Waals surface area (Å²) in [5, 5.41) is 9.26. The molecule has 142 valence electrons. The summed E-state index contributed by atoms with van der Waals surface area (Å²) < 4.78 is 2.19. The number of unbranched alkanes of at least 4 members (excludes halogenated alkanes) is 5. The number of nitrogens with zero attached hydrogens (tertiary/aromatic N) is 3. The number of aromatic nitrogens is 3. The van der Waals surface area contributed by atoms with Crippen LogP contribution in [0.25, 0.3) is 22.6 Å². The Hall–Kier alpha value is -2.69. The van der Waals surface area contributed by atoms with E-state index >= 15 is 0 Å². The molecular weight excluding hydrogens is 338 g/mol. The van der Waals surface area contributed by atoms with E-state index in [0.717, 1.165) is 29.8 Å². The van der Waals surface area contributed by atoms with Gasteiger partial charge in [0.25, 0.3) is 0 Å². The minimum Gasteiger partial charge on any atom is -0.477 e. The lowest BCUT2D eigenvalue weighted by Gasteiger charge is -2.10. The van der Waals surface area contributed by atoms with Gasteiger partial charge in [0.15, 0.2) is 5.82 Å². The first kappa shape index (κ1) is 19.1. The molecule has 0 amide bonds. The fourth-order valence-corrected chi connectivity index (χ4v) is 3.38. The summed E-state index contributed by atoms with van der Waals surface area (Å²) in [5.41, 5.74) is 3.84. The molecule has 1 N–H and O–H groups in total. The second-order valence-electron chi connectivity index (χ2n) is 7.06. The Morgan fingerprint density at radius 2 is 1.81 bits per heavy atom. The van der Waals surface area contributed by atoms with Crippen LogP contribution >= 0.6 is 0 Å². The van der Waals surface area contributed by atoms with E-state index in [1.54, 1.807) is 6.07 Å². The summed E-state index contributed by atoms with van der Waals surface area (Å²) in [6.07, 6.45) is 7.35. The number of carbonyl (C=O) groups is 1. The Morgan fingerprint density at radius 1 is 1.04 bits per heavy atom. The smallest absolute Gasteiger partial charge is 0.354 e. The van der Waals surface area contributed by atoms with Gasteiger partial charge in [-0.05, 0) is 43.2 Å². The van der Waals surface area contributed by atoms with E-state index in [2.05, 4.69) is 35.5 Å². The zero-order chi connectivity index (χ0) is 19.2. The van der Waals surface area contributed by atoms with Gasteiger partial charge >= 0.3 is 5.97 Å². The molecule has 2 heterocycles. The summed E-state index contributed by atoms with van der Waals surface area (Å²) in [7, 11) is 0. The number of hydrogen-bond donors (Lipinski definition) is 1. The minimum absolute atomic E-state index is 0.0434. The van der Waals surface area contributed by atoms with Crippen LogP contribution in [-0.4, -0.2) is 25.6 Å². The Bertz CT molecular complexity index is 930. The van der Waals surface area contributed by atoms with Crippen LogP contribution in [0.1, 0.15) is 61.5 Å². The van der Waals surface area contributed by atoms with Gasteiger partial charge in [-0.3, -0.25) is 0 Å². The minimum atomic E-state index is -1.02. The molecule has 3 rings (SSSR count). The number of fused-ring (bicyclic) bond motifs is 1. The lowest BCUT2D eigenvalue weighted by molar-refractivity contribution is 0.0690. The molecule has 5 heteroatoms. The van der Waals surface area contributed by atoms with Crippen molar-refractivity contribution in [2.24, 2.45) is 0 Å². The standard InChI is InChI=1S/C22H27N3O2/c1-3-4-5-6-7-8-14-25-20-15-16(2)12-13-17(20)24-21(25)18-10-9-11-19(23-18)22(26)27/h9-13,15H,3-8,14H2,1-2H3,(H,26,27). The fourth-order valence-electron chi connectivity index (χ4n) is 3.38. The van der Waals surface area contributed by atoms with Crippen molar-refractivity contribution in [2.45, 2.75) is 58.9 Å². The zero-order valence-corrected chi connectivity index (χ0v) is 16.1. The number of aryl methyl sites for hydroxylation is 2. The summed E-state index contributed by atoms with van der Waals surface area (Å²) in [4.78, 5) is 20.4. The fraction of sp³-hybridized carbons (Fsp3) is 0.409. The first-order valence-electron chi connectivity index (χ1n) is 9.77. The third-order valence-electron chi connectivity index (χ3n) is 4.84. The van der Waals surface area contributed by atoms with Crippen molar-refractivity contribution < 1.29 is 9.90 Å². The van der Waals surface area contributed by atoms with E-state index in [1.165, 1.54) is 43.7 Å². The van der Waals surface area contributed by atoms with Gasteiger partial charge in [-0.15, -0.1) is 0 Å². The zero-order valence-electron chi connectivity index (χ0n) is 16.1. The molecule has 27 heavy (non-hydrogen) atoms. The summed E-state index contributed by atoms with van der Waals surface area (Å²) in [6, 6.07) is 11.3. The molecule has 0 spiro atoms. The lowest BCUT2D eigenvalue weighted by atomic mass is 10.1. The van der Waals surface area contributed by atoms with Crippen molar-refractivity contribution in [1.29, 1.82) is 0 Å². The number of hydrogen-bond acceptors (Lipinski definition) is 3. The lowest BCUT2D eigenvalue weighted by Crippen LogP contribution is -2.05. The Morgan fingerprint density at radius 3 is 2.59 bits per heavy atom. The van der Waals surface area contributed by atoms with Crippen molar-refractivity contribution >= 4 is 17.0 Å². The van der Waals surface area contributed by atoms with Gasteiger partial charge in [0.2, 0.25) is 0 Å². The quantitative estimate of drug-likeness (QED) is 0.511. The van der Waals surface area contributed by atoms with Crippen LogP contribution in [0, 0.1) is 6.92 Å². The van der Waals surface area contributed by atoms with Crippen LogP contribution in [0.5, 0.6) is 0 Å². The van der Waals surface area contributed by atoms with Crippen LogP contribution in [0.15, 0.2) is 36.4 Å². The van der Waals surface area contributed by atoms with Gasteiger partial charge in [0.1, 0.15) is 11.4 Å². The van der Waals surface area contributed by atoms with Gasteiger partial charge in [-0.2, -0.15) is 0 Å². The van der Waals surface area contributed by atoms with Gasteiger partial charge in [-0.1, -0.05) is 51.2 Å². The van der Waals surface area contributed by atoms with Gasteiger partial charge in [0.05, 0.1) is 11.0 Å². The van der Waals surface area contributed by atoms with E-state index < -0.39 is 5.97 Å². The van der Waals surface area contributed by atoms with Crippen molar-refractivity contribution in [3.8, 4) is 11.5 Å². The molecule has 0 unspecified atom stereocenters. The molecular formula is C22H27N3O2. The molecule has 0 atom stereocenters. The second kappa shape index (κ2) is 8.80. The van der Waals surface area contributed by atoms with Crippen molar-refractivity contribution in [2.75, 3.05) is 0 Å². The van der Waals surface area contributed by atoms with E-state index in [4.69, 9.17) is 4.98 Å². The highest BCUT2D eigenvalue weighted by molar-refractivity contribution is 5.86. The molecule has 0 saturated carbocycles. The maximum atomic E-state index is 11.3. The van der Waals surface area contributed by atoms with Gasteiger partial charge < -0.3 is 9.67 Å². The number of pyridine rings is 1. The highest BCUT2D eigenvalue weighted by Gasteiger charge is 2.15. The van der Waals surface area contributed by atoms with Crippen LogP contribution in [0.4, 0.5) is 0 Å². The third kappa shape index (κ3) is 4.54. The highest BCUT2D eigenvalue weighted by atomic mass is 16.4. The number of carboxylic acid groups (broad SMARTS) is 1. The van der Waals surface area contributed by atoms with E-state index in [0.29, 0.717) is 5.69 Å². The van der Waals surface area contributed by atoms with Crippen molar-refractivity contribution in [3.63, 3.8) is 0 Å². The molecule has 0 aliphatic rings. The third-order valence-corrected chi connectivity index (χ3v) is 4.84. The predicted molar refractivity (Wildman–Crippen MR) is 108 cm³/mol. The average Bonchev–Trinajstić information content (AvgIpc) is 3.02. The molecule has 1 aromatic carbocycles. The largest absolute Gasteiger partial charge is 0.477 e. The summed E-state index contributed by atoms with van der Waals surface area (Å²) in [5.74, 6) is -0.279. The van der Waals surface area contributed by atoms with E-state index in [1.807, 2.05) is 12.1 Å². The average molecular weight is 365 g/mol. The summed E-state index contributed by atoms with van der Waals surface area (Å²) in [6.45, 7) is 5.16. The van der Waals surface area contributed by atoms with Gasteiger partial charge in [0, 0.05) is 6.54 Å². The van der Waals surface area contributed by atoms with Crippen LogP contribution in [-0.2, 0) is 6.54 Å². The SMILES string of the molecule is CCCCCCCCn1c(-c2cccc(C(=O)O)n2)nc2ccc(C)cc21. The maximum Gasteiger partial charge on any atom is 0.354 e. The first-order valence-corrected chi connectivity index (χ1v) is 9.77. The Labute approximate surface area is 160 Å². The monoisotopic (exact) mass is 365 g/mol. The van der Waals surface area contributed by atoms with Crippen LogP contribution < -0.4 is 0 Å². The molecule has 0 aliphatic carbocycles. The Balaban J connectivity index is 1.92. The highest BCUT2D eigenvalue weighted by Crippen LogP contribution is 2.25. The maximum absolute atomic E-state index is 11.3. The van der Waals surface area contributed by atoms with E-state index in [-0.39, 0.29) is 5.69 Å². The number of rotatable bonds is 9. The topological polar surface area (TPSA) is 68.0 Å². The van der Waals surface area contributed by atoms with Crippen molar-refractivity contribution in [3.05, 3.63) is 47.7 Å². The number of benzene rings is 1. The molecule has 3 aromatic rings. The molecule has 0 fully saturated rings. The number of imidazole rings is 1. The van der Waals surface area contributed by atoms with Gasteiger partial charge in [-0.25, -0.2) is 14.8 Å². The number of aromatic carboxylic acids is 1. The molecule has 2 aromatic heterocycles. The van der Waals surface area contributed by atoms with Crippen LogP contribution in [0.3, 0.4) is 0 Å². The molecule has 0 saturated heterocycles. The Kier molecular flexibility index (Phi) is 6.22. The molecule has 0 bridgehead atoms. The van der Waals surface area contributed by atoms with Crippen LogP contribution in [0.2, 0.25) is 0 Å².